The van der Waals surface area contributed by atoms with Crippen LogP contribution in [0.25, 0.3) is 11.0 Å². The van der Waals surface area contributed by atoms with E-state index in [1.807, 2.05) is 46.0 Å². The Labute approximate surface area is 138 Å². The van der Waals surface area contributed by atoms with Crippen LogP contribution in [-0.2, 0) is 7.05 Å². The van der Waals surface area contributed by atoms with Gasteiger partial charge in [0.25, 0.3) is 0 Å². The van der Waals surface area contributed by atoms with Crippen LogP contribution in [0.1, 0.15) is 34.6 Å². The van der Waals surface area contributed by atoms with Crippen LogP contribution in [-0.4, -0.2) is 9.55 Å². The summed E-state index contributed by atoms with van der Waals surface area (Å²) in [6.45, 7) is 10.0. The lowest BCUT2D eigenvalue weighted by Gasteiger charge is -2.01. The highest BCUT2D eigenvalue weighted by Crippen LogP contribution is 2.28. The van der Waals surface area contributed by atoms with Gasteiger partial charge in [0.1, 0.15) is 0 Å². The van der Waals surface area contributed by atoms with Crippen molar-refractivity contribution in [1.29, 1.82) is 0 Å². The van der Waals surface area contributed by atoms with Crippen molar-refractivity contribution >= 4 is 22.8 Å². The number of aryl methyl sites for hydroxylation is 1. The summed E-state index contributed by atoms with van der Waals surface area (Å²) in [5, 5.41) is 0.961. The highest BCUT2D eigenvalue weighted by Gasteiger charge is 2.08. The second-order valence-electron chi connectivity index (χ2n) is 4.69. The first-order valence-electron chi connectivity index (χ1n) is 7.49. The van der Waals surface area contributed by atoms with E-state index in [0.29, 0.717) is 0 Å². The number of hydrogen-bond acceptors (Lipinski definition) is 2. The maximum atomic E-state index is 4.66. The Morgan fingerprint density at radius 1 is 1.18 bits per heavy atom. The molecule has 0 fully saturated rings. The fourth-order valence-corrected chi connectivity index (χ4v) is 2.64. The number of rotatable bonds is 3. The van der Waals surface area contributed by atoms with Gasteiger partial charge in [0, 0.05) is 7.05 Å². The van der Waals surface area contributed by atoms with Gasteiger partial charge in [0.15, 0.2) is 5.16 Å². The van der Waals surface area contributed by atoms with E-state index in [1.54, 1.807) is 11.8 Å². The molecule has 1 heterocycles. The summed E-state index contributed by atoms with van der Waals surface area (Å²) < 4.78 is 2.10. The van der Waals surface area contributed by atoms with Gasteiger partial charge in [-0.25, -0.2) is 4.98 Å². The van der Waals surface area contributed by atoms with Gasteiger partial charge < -0.3 is 4.57 Å². The first-order chi connectivity index (χ1) is 10.6. The van der Waals surface area contributed by atoms with Crippen LogP contribution in [0.4, 0.5) is 0 Å². The van der Waals surface area contributed by atoms with Crippen molar-refractivity contribution in [3.8, 4) is 11.8 Å². The van der Waals surface area contributed by atoms with Crippen LogP contribution in [0.2, 0.25) is 0 Å². The molecule has 0 unspecified atom stereocenters. The Kier molecular flexibility index (Phi) is 7.56. The third-order valence-electron chi connectivity index (χ3n) is 2.76. The molecule has 0 N–H and O–H groups in total. The van der Waals surface area contributed by atoms with Crippen LogP contribution in [0.5, 0.6) is 0 Å². The van der Waals surface area contributed by atoms with Crippen LogP contribution < -0.4 is 0 Å². The summed E-state index contributed by atoms with van der Waals surface area (Å²) in [5.41, 5.74) is 3.41. The SMILES string of the molecule is CC.CC#C/C(=C\C=C(C)C)Sc1nc2ccccc2n1C. The van der Waals surface area contributed by atoms with Gasteiger partial charge in [0.05, 0.1) is 15.9 Å². The van der Waals surface area contributed by atoms with Gasteiger partial charge >= 0.3 is 0 Å². The van der Waals surface area contributed by atoms with Gasteiger partial charge in [0.2, 0.25) is 0 Å². The predicted octanol–water partition coefficient (Wildman–Crippen LogP) is 5.57. The number of hydrogen-bond donors (Lipinski definition) is 0. The molecule has 0 radical (unpaired) electrons. The van der Waals surface area contributed by atoms with Gasteiger partial charge in [-0.1, -0.05) is 43.5 Å². The van der Waals surface area contributed by atoms with E-state index in [1.165, 1.54) is 5.57 Å². The minimum Gasteiger partial charge on any atom is -0.322 e. The van der Waals surface area contributed by atoms with Crippen molar-refractivity contribution < 1.29 is 0 Å². The molecule has 2 aromatic rings. The van der Waals surface area contributed by atoms with Crippen molar-refractivity contribution in [1.82, 2.24) is 9.55 Å². The van der Waals surface area contributed by atoms with Gasteiger partial charge in [-0.2, -0.15) is 0 Å². The normalized spacial score (nSPS) is 10.4. The summed E-state index contributed by atoms with van der Waals surface area (Å²) >= 11 is 1.60. The predicted molar refractivity (Wildman–Crippen MR) is 98.9 cm³/mol. The van der Waals surface area contributed by atoms with Gasteiger partial charge in [-0.15, -0.1) is 5.92 Å². The van der Waals surface area contributed by atoms with Gasteiger partial charge in [-0.3, -0.25) is 0 Å². The van der Waals surface area contributed by atoms with Crippen LogP contribution in [0.15, 0.2) is 52.1 Å². The summed E-state index contributed by atoms with van der Waals surface area (Å²) in [6, 6.07) is 8.15. The zero-order chi connectivity index (χ0) is 16.5. The molecule has 1 aromatic heterocycles. The van der Waals surface area contributed by atoms with E-state index in [4.69, 9.17) is 0 Å². The molecule has 2 rings (SSSR count). The molecule has 0 saturated heterocycles. The lowest BCUT2D eigenvalue weighted by Crippen LogP contribution is -1.90. The minimum absolute atomic E-state index is 0.961. The second kappa shape index (κ2) is 9.17. The average molecular weight is 312 g/mol. The van der Waals surface area contributed by atoms with E-state index < -0.39 is 0 Å². The number of imidazole rings is 1. The lowest BCUT2D eigenvalue weighted by molar-refractivity contribution is 0.817. The molecule has 0 bridgehead atoms. The van der Waals surface area contributed by atoms with E-state index in [-0.39, 0.29) is 0 Å². The molecular formula is C19H24N2S. The largest absolute Gasteiger partial charge is 0.322 e. The molecule has 2 nitrogen and oxygen atoms in total. The standard InChI is InChI=1S/C17H18N2S.C2H6/c1-5-8-14(12-11-13(2)3)20-17-18-15-9-6-7-10-16(15)19(17)4;1-2/h6-7,9-12H,1-4H3;1-2H3/b14-12+;. The number of para-hydroxylation sites is 2. The fourth-order valence-electron chi connectivity index (χ4n) is 1.78. The van der Waals surface area contributed by atoms with E-state index >= 15 is 0 Å². The van der Waals surface area contributed by atoms with Crippen LogP contribution >= 0.6 is 11.8 Å². The summed E-state index contributed by atoms with van der Waals surface area (Å²) in [7, 11) is 2.04. The minimum atomic E-state index is 0.961. The number of thioether (sulfide) groups is 1. The fraction of sp³-hybridized carbons (Fsp3) is 0.316. The third-order valence-corrected chi connectivity index (χ3v) is 3.77. The molecule has 0 atom stereocenters. The highest BCUT2D eigenvalue weighted by molar-refractivity contribution is 8.03. The number of allylic oxidation sites excluding steroid dienone is 4. The summed E-state index contributed by atoms with van der Waals surface area (Å²) in [5.74, 6) is 6.09. The molecule has 22 heavy (non-hydrogen) atoms. The molecule has 116 valence electrons. The van der Waals surface area contributed by atoms with E-state index in [9.17, 15) is 0 Å². The van der Waals surface area contributed by atoms with Crippen molar-refractivity contribution in [3.63, 3.8) is 0 Å². The molecule has 0 aliphatic heterocycles. The number of aromatic nitrogens is 2. The molecule has 0 amide bonds. The average Bonchev–Trinajstić information content (AvgIpc) is 2.84. The van der Waals surface area contributed by atoms with Crippen molar-refractivity contribution in [2.45, 2.75) is 39.8 Å². The Balaban J connectivity index is 0.00000116. The molecule has 0 saturated carbocycles. The zero-order valence-corrected chi connectivity index (χ0v) is 15.1. The van der Waals surface area contributed by atoms with Crippen LogP contribution in [0.3, 0.4) is 0 Å². The van der Waals surface area contributed by atoms with Crippen LogP contribution in [0, 0.1) is 11.8 Å². The molecule has 3 heteroatoms. The summed E-state index contributed by atoms with van der Waals surface area (Å²) in [6.07, 6.45) is 4.13. The van der Waals surface area contributed by atoms with E-state index in [2.05, 4.69) is 53.5 Å². The number of benzene rings is 1. The quantitative estimate of drug-likeness (QED) is 0.419. The molecule has 0 aliphatic rings. The Morgan fingerprint density at radius 2 is 1.86 bits per heavy atom. The number of nitrogens with zero attached hydrogens (tertiary/aromatic N) is 2. The molecule has 0 spiro atoms. The maximum Gasteiger partial charge on any atom is 0.174 e. The molecule has 1 aromatic carbocycles. The first-order valence-corrected chi connectivity index (χ1v) is 8.30. The monoisotopic (exact) mass is 312 g/mol. The Morgan fingerprint density at radius 3 is 2.45 bits per heavy atom. The topological polar surface area (TPSA) is 17.8 Å². The highest BCUT2D eigenvalue weighted by atomic mass is 32.2. The number of fused-ring (bicyclic) bond motifs is 1. The van der Waals surface area contributed by atoms with E-state index in [0.717, 1.165) is 21.1 Å². The zero-order valence-electron chi connectivity index (χ0n) is 14.3. The van der Waals surface area contributed by atoms with Crippen molar-refractivity contribution in [2.75, 3.05) is 0 Å². The van der Waals surface area contributed by atoms with Crippen molar-refractivity contribution in [2.24, 2.45) is 7.05 Å². The molecule has 0 aliphatic carbocycles. The smallest absolute Gasteiger partial charge is 0.174 e. The van der Waals surface area contributed by atoms with Gasteiger partial charge in [-0.05, 0) is 50.7 Å². The lowest BCUT2D eigenvalue weighted by atomic mass is 10.3. The molecular weight excluding hydrogens is 288 g/mol. The maximum absolute atomic E-state index is 4.66. The second-order valence-corrected chi connectivity index (χ2v) is 5.70. The van der Waals surface area contributed by atoms with Crippen molar-refractivity contribution in [3.05, 3.63) is 46.9 Å². The Bertz CT molecular complexity index is 736. The first kappa shape index (κ1) is 18.1. The summed E-state index contributed by atoms with van der Waals surface area (Å²) in [4.78, 5) is 5.66. The third kappa shape index (κ3) is 4.82. The Hall–Kier alpha value is -1.92.